The highest BCUT2D eigenvalue weighted by Gasteiger charge is 2.33. The van der Waals surface area contributed by atoms with Crippen molar-refractivity contribution in [2.24, 2.45) is 0 Å². The van der Waals surface area contributed by atoms with Gasteiger partial charge in [0, 0.05) is 15.8 Å². The molecule has 0 saturated heterocycles. The van der Waals surface area contributed by atoms with Gasteiger partial charge in [-0.05, 0) is 60.2 Å². The topological polar surface area (TPSA) is 86.7 Å². The average molecular weight is 468 g/mol. The van der Waals surface area contributed by atoms with Crippen molar-refractivity contribution in [3.05, 3.63) is 87.9 Å². The van der Waals surface area contributed by atoms with Gasteiger partial charge < -0.3 is 5.73 Å². The number of anilines is 1. The van der Waals surface area contributed by atoms with E-state index in [9.17, 15) is 18.0 Å². The molecule has 5 aromatic rings. The first kappa shape index (κ1) is 20.9. The maximum atomic E-state index is 13.7. The second kappa shape index (κ2) is 7.56. The molecule has 6 nitrogen and oxygen atoms in total. The quantitative estimate of drug-likeness (QED) is 0.383. The van der Waals surface area contributed by atoms with E-state index in [1.807, 2.05) is 0 Å². The Morgan fingerprint density at radius 1 is 0.970 bits per heavy atom. The highest BCUT2D eigenvalue weighted by molar-refractivity contribution is 6.30. The maximum Gasteiger partial charge on any atom is 0.433 e. The van der Waals surface area contributed by atoms with E-state index in [1.54, 1.807) is 24.3 Å². The normalized spacial score (nSPS) is 11.9. The van der Waals surface area contributed by atoms with Gasteiger partial charge in [0.2, 0.25) is 0 Å². The van der Waals surface area contributed by atoms with Crippen molar-refractivity contribution < 1.29 is 13.2 Å². The number of pyridine rings is 2. The van der Waals surface area contributed by atoms with Gasteiger partial charge in [0.25, 0.3) is 5.56 Å². The van der Waals surface area contributed by atoms with E-state index in [-0.39, 0.29) is 22.3 Å². The molecule has 0 radical (unpaired) electrons. The minimum Gasteiger partial charge on any atom is -0.397 e. The number of rotatable bonds is 2. The highest BCUT2D eigenvalue weighted by atomic mass is 35.5. The highest BCUT2D eigenvalue weighted by Crippen LogP contribution is 2.34. The Bertz CT molecular complexity index is 1600. The van der Waals surface area contributed by atoms with Crippen molar-refractivity contribution in [3.8, 4) is 16.8 Å². The molecule has 33 heavy (non-hydrogen) atoms. The van der Waals surface area contributed by atoms with E-state index in [0.717, 1.165) is 16.0 Å². The molecule has 164 valence electrons. The Labute approximate surface area is 189 Å². The van der Waals surface area contributed by atoms with Gasteiger partial charge in [-0.25, -0.2) is 4.98 Å². The lowest BCUT2D eigenvalue weighted by atomic mass is 10.0. The van der Waals surface area contributed by atoms with Crippen molar-refractivity contribution in [1.29, 1.82) is 0 Å². The molecule has 0 atom stereocenters. The Kier molecular flexibility index (Phi) is 4.79. The molecule has 0 bridgehead atoms. The number of fused-ring (bicyclic) bond motifs is 2. The molecular weight excluding hydrogens is 455 g/mol. The number of alkyl halides is 3. The zero-order valence-electron chi connectivity index (χ0n) is 16.6. The predicted octanol–water partition coefficient (Wildman–Crippen LogP) is 5.25. The summed E-state index contributed by atoms with van der Waals surface area (Å²) in [6.07, 6.45) is -3.17. The SMILES string of the molecule is Nc1c(-c2ccc3nnccc3c2)c(=O)n(-c2ccc(Cl)cc2)c2nc(C(F)(F)F)ccc12. The average Bonchev–Trinajstić information content (AvgIpc) is 2.79. The molecule has 10 heteroatoms. The first-order valence-electron chi connectivity index (χ1n) is 9.64. The van der Waals surface area contributed by atoms with Crippen LogP contribution in [0.4, 0.5) is 18.9 Å². The van der Waals surface area contributed by atoms with Gasteiger partial charge in [0.15, 0.2) is 0 Å². The van der Waals surface area contributed by atoms with Gasteiger partial charge >= 0.3 is 6.18 Å². The molecule has 0 saturated carbocycles. The second-order valence-corrected chi connectivity index (χ2v) is 7.71. The van der Waals surface area contributed by atoms with E-state index < -0.39 is 17.4 Å². The molecule has 0 unspecified atom stereocenters. The van der Waals surface area contributed by atoms with Crippen molar-refractivity contribution in [2.75, 3.05) is 5.73 Å². The third-order valence-electron chi connectivity index (χ3n) is 5.24. The van der Waals surface area contributed by atoms with Crippen LogP contribution >= 0.6 is 11.6 Å². The van der Waals surface area contributed by atoms with E-state index in [0.29, 0.717) is 21.8 Å². The third kappa shape index (κ3) is 3.56. The Morgan fingerprint density at radius 2 is 1.73 bits per heavy atom. The number of nitrogen functional groups attached to an aromatic ring is 1. The smallest absolute Gasteiger partial charge is 0.397 e. The van der Waals surface area contributed by atoms with Crippen LogP contribution in [0.15, 0.2) is 71.7 Å². The van der Waals surface area contributed by atoms with E-state index >= 15 is 0 Å². The number of benzene rings is 2. The molecule has 5 rings (SSSR count). The van der Waals surface area contributed by atoms with Crippen LogP contribution < -0.4 is 11.3 Å². The first-order chi connectivity index (χ1) is 15.7. The fourth-order valence-corrected chi connectivity index (χ4v) is 3.82. The minimum atomic E-state index is -4.69. The molecule has 0 fully saturated rings. The molecule has 2 N–H and O–H groups in total. The largest absolute Gasteiger partial charge is 0.433 e. The lowest BCUT2D eigenvalue weighted by Crippen LogP contribution is -2.24. The minimum absolute atomic E-state index is 0.0304. The standard InChI is InChI=1S/C23H13ClF3N5O/c24-14-2-4-15(5-3-14)32-21-16(6-8-18(30-21)23(25,26)27)20(28)19(22(32)33)13-1-7-17-12(11-13)9-10-29-31-17/h1-11H,28H2. The van der Waals surface area contributed by atoms with Crippen LogP contribution in [0.5, 0.6) is 0 Å². The molecule has 2 aromatic carbocycles. The predicted molar refractivity (Wildman–Crippen MR) is 120 cm³/mol. The molecular formula is C23H13ClF3N5O. The fourth-order valence-electron chi connectivity index (χ4n) is 3.70. The summed E-state index contributed by atoms with van der Waals surface area (Å²) in [4.78, 5) is 17.4. The van der Waals surface area contributed by atoms with Gasteiger partial charge in [0.1, 0.15) is 11.3 Å². The number of nitrogens with zero attached hydrogens (tertiary/aromatic N) is 4. The summed E-state index contributed by atoms with van der Waals surface area (Å²) in [5.74, 6) is 0. The third-order valence-corrected chi connectivity index (χ3v) is 5.49. The molecule has 3 heterocycles. The van der Waals surface area contributed by atoms with Crippen LogP contribution in [0.25, 0.3) is 38.8 Å². The zero-order valence-corrected chi connectivity index (χ0v) is 17.4. The van der Waals surface area contributed by atoms with Crippen LogP contribution in [-0.4, -0.2) is 19.7 Å². The van der Waals surface area contributed by atoms with Crippen LogP contribution in [0, 0.1) is 0 Å². The van der Waals surface area contributed by atoms with Gasteiger partial charge in [-0.15, -0.1) is 0 Å². The first-order valence-corrected chi connectivity index (χ1v) is 10.0. The Balaban J connectivity index is 1.89. The van der Waals surface area contributed by atoms with Crippen LogP contribution in [-0.2, 0) is 6.18 Å². The zero-order chi connectivity index (χ0) is 23.3. The Morgan fingerprint density at radius 3 is 2.45 bits per heavy atom. The van der Waals surface area contributed by atoms with Gasteiger partial charge in [0.05, 0.1) is 28.7 Å². The number of halogens is 4. The van der Waals surface area contributed by atoms with Crippen molar-refractivity contribution in [1.82, 2.24) is 19.7 Å². The van der Waals surface area contributed by atoms with Crippen molar-refractivity contribution >= 4 is 39.2 Å². The summed E-state index contributed by atoms with van der Waals surface area (Å²) in [7, 11) is 0. The monoisotopic (exact) mass is 467 g/mol. The van der Waals surface area contributed by atoms with E-state index in [2.05, 4.69) is 15.2 Å². The lowest BCUT2D eigenvalue weighted by Gasteiger charge is -2.17. The molecule has 0 amide bonds. The van der Waals surface area contributed by atoms with Gasteiger partial charge in [-0.1, -0.05) is 17.7 Å². The molecule has 0 spiro atoms. The summed E-state index contributed by atoms with van der Waals surface area (Å²) in [5.41, 5.74) is 5.97. The van der Waals surface area contributed by atoms with Gasteiger partial charge in [-0.3, -0.25) is 9.36 Å². The summed E-state index contributed by atoms with van der Waals surface area (Å²) in [6.45, 7) is 0. The molecule has 0 aliphatic heterocycles. The number of aromatic nitrogens is 4. The molecule has 0 aliphatic rings. The van der Waals surface area contributed by atoms with Crippen LogP contribution in [0.3, 0.4) is 0 Å². The number of hydrogen-bond acceptors (Lipinski definition) is 5. The van der Waals surface area contributed by atoms with E-state index in [1.165, 1.54) is 36.5 Å². The number of hydrogen-bond donors (Lipinski definition) is 1. The summed E-state index contributed by atoms with van der Waals surface area (Å²) < 4.78 is 41.3. The number of nitrogens with two attached hydrogens (primary N) is 1. The summed E-state index contributed by atoms with van der Waals surface area (Å²) in [5, 5.41) is 9.20. The van der Waals surface area contributed by atoms with Crippen LogP contribution in [0.1, 0.15) is 5.69 Å². The fraction of sp³-hybridized carbons (Fsp3) is 0.0435. The summed E-state index contributed by atoms with van der Waals surface area (Å²) in [6, 6.07) is 15.0. The van der Waals surface area contributed by atoms with Crippen molar-refractivity contribution in [2.45, 2.75) is 6.18 Å². The molecule has 3 aromatic heterocycles. The maximum absolute atomic E-state index is 13.7. The second-order valence-electron chi connectivity index (χ2n) is 7.28. The van der Waals surface area contributed by atoms with E-state index in [4.69, 9.17) is 17.3 Å². The molecule has 0 aliphatic carbocycles. The summed E-state index contributed by atoms with van der Waals surface area (Å²) >= 11 is 5.97. The Hall–Kier alpha value is -3.98. The van der Waals surface area contributed by atoms with Crippen LogP contribution in [0.2, 0.25) is 5.02 Å². The lowest BCUT2D eigenvalue weighted by molar-refractivity contribution is -0.141. The van der Waals surface area contributed by atoms with Crippen molar-refractivity contribution in [3.63, 3.8) is 0 Å². The van der Waals surface area contributed by atoms with Gasteiger partial charge in [-0.2, -0.15) is 23.4 Å².